The van der Waals surface area contributed by atoms with Crippen LogP contribution in [0.1, 0.15) is 5.56 Å². The van der Waals surface area contributed by atoms with E-state index in [2.05, 4.69) is 10.3 Å². The molecule has 2 aliphatic rings. The number of benzene rings is 1. The van der Waals surface area contributed by atoms with Crippen molar-refractivity contribution in [1.29, 1.82) is 0 Å². The monoisotopic (exact) mass is 313 g/mol. The third-order valence-electron chi connectivity index (χ3n) is 3.21. The van der Waals surface area contributed by atoms with Crippen LogP contribution in [0, 0.1) is 0 Å². The van der Waals surface area contributed by atoms with Crippen molar-refractivity contribution in [3.05, 3.63) is 64.3 Å². The fourth-order valence-electron chi connectivity index (χ4n) is 2.05. The van der Waals surface area contributed by atoms with Crippen LogP contribution in [-0.2, 0) is 11.3 Å². The first-order chi connectivity index (χ1) is 10.8. The van der Waals surface area contributed by atoms with E-state index in [0.717, 1.165) is 17.0 Å². The minimum Gasteiger partial charge on any atom is -0.497 e. The summed E-state index contributed by atoms with van der Waals surface area (Å²) < 4.78 is 5.17. The van der Waals surface area contributed by atoms with Crippen LogP contribution in [0.5, 0.6) is 5.75 Å². The molecule has 0 atom stereocenters. The van der Waals surface area contributed by atoms with Crippen LogP contribution in [0.15, 0.2) is 63.7 Å². The molecule has 22 heavy (non-hydrogen) atoms. The lowest BCUT2D eigenvalue weighted by Crippen LogP contribution is -2.27. The van der Waals surface area contributed by atoms with E-state index in [0.29, 0.717) is 12.2 Å². The zero-order valence-corrected chi connectivity index (χ0v) is 12.8. The van der Waals surface area contributed by atoms with E-state index in [1.807, 2.05) is 46.2 Å². The van der Waals surface area contributed by atoms with E-state index >= 15 is 0 Å². The molecule has 5 nitrogen and oxygen atoms in total. The van der Waals surface area contributed by atoms with Crippen LogP contribution >= 0.6 is 11.8 Å². The Morgan fingerprint density at radius 3 is 3.23 bits per heavy atom. The Balaban J connectivity index is 1.64. The Labute approximate surface area is 133 Å². The van der Waals surface area contributed by atoms with E-state index in [9.17, 15) is 4.79 Å². The third kappa shape index (κ3) is 3.23. The van der Waals surface area contributed by atoms with Gasteiger partial charge in [0, 0.05) is 12.7 Å². The maximum absolute atomic E-state index is 12.2. The van der Waals surface area contributed by atoms with Crippen molar-refractivity contribution < 1.29 is 9.53 Å². The average molecular weight is 313 g/mol. The van der Waals surface area contributed by atoms with Crippen molar-refractivity contribution in [3.63, 3.8) is 0 Å². The molecule has 112 valence electrons. The molecular weight excluding hydrogens is 298 g/mol. The summed E-state index contributed by atoms with van der Waals surface area (Å²) >= 11 is 1.57. The number of hydrogen-bond donors (Lipinski definition) is 1. The number of carbonyl (C=O) groups is 1. The maximum atomic E-state index is 12.2. The molecule has 1 amide bonds. The summed E-state index contributed by atoms with van der Waals surface area (Å²) in [4.78, 5) is 18.3. The Hall–Kier alpha value is -2.47. The van der Waals surface area contributed by atoms with Crippen LogP contribution in [0.3, 0.4) is 0 Å². The number of allylic oxidation sites excluding steroid dienone is 1. The highest BCUT2D eigenvalue weighted by Gasteiger charge is 2.16. The lowest BCUT2D eigenvalue weighted by molar-refractivity contribution is -0.117. The fourth-order valence-corrected chi connectivity index (χ4v) is 2.66. The van der Waals surface area contributed by atoms with E-state index in [1.165, 1.54) is 0 Å². The zero-order chi connectivity index (χ0) is 15.4. The van der Waals surface area contributed by atoms with Crippen molar-refractivity contribution in [3.8, 4) is 5.75 Å². The summed E-state index contributed by atoms with van der Waals surface area (Å²) in [7, 11) is 1.62. The average Bonchev–Trinajstić information content (AvgIpc) is 2.59. The molecule has 0 bridgehead atoms. The molecule has 6 heteroatoms. The van der Waals surface area contributed by atoms with Gasteiger partial charge in [0.05, 0.1) is 12.8 Å². The SMILES string of the molecule is COc1cccc(CNC(=O)C2=CC3=CSC=CN3C=N2)c1. The van der Waals surface area contributed by atoms with Gasteiger partial charge >= 0.3 is 0 Å². The molecule has 0 radical (unpaired) electrons. The van der Waals surface area contributed by atoms with E-state index in [-0.39, 0.29) is 5.91 Å². The molecule has 0 fully saturated rings. The summed E-state index contributed by atoms with van der Waals surface area (Å²) in [6.07, 6.45) is 5.32. The Kier molecular flexibility index (Phi) is 4.29. The molecular formula is C16H15N3O2S. The minimum atomic E-state index is -0.195. The summed E-state index contributed by atoms with van der Waals surface area (Å²) in [5, 5.41) is 6.80. The van der Waals surface area contributed by atoms with E-state index < -0.39 is 0 Å². The summed E-state index contributed by atoms with van der Waals surface area (Å²) in [5.74, 6) is 0.577. The van der Waals surface area contributed by atoms with Crippen LogP contribution in [0.2, 0.25) is 0 Å². The molecule has 3 rings (SSSR count). The zero-order valence-electron chi connectivity index (χ0n) is 12.0. The van der Waals surface area contributed by atoms with Crippen LogP contribution in [-0.4, -0.2) is 24.3 Å². The van der Waals surface area contributed by atoms with Gasteiger partial charge in [0.2, 0.25) is 0 Å². The normalized spacial score (nSPS) is 15.8. The van der Waals surface area contributed by atoms with Gasteiger partial charge in [-0.25, -0.2) is 4.99 Å². The van der Waals surface area contributed by atoms with Gasteiger partial charge in [0.1, 0.15) is 17.8 Å². The van der Waals surface area contributed by atoms with Gasteiger partial charge in [-0.3, -0.25) is 4.79 Å². The fraction of sp³-hybridized carbons (Fsp3) is 0.125. The van der Waals surface area contributed by atoms with Crippen LogP contribution in [0.25, 0.3) is 0 Å². The first-order valence-corrected chi connectivity index (χ1v) is 7.68. The van der Waals surface area contributed by atoms with Gasteiger partial charge < -0.3 is 15.0 Å². The van der Waals surface area contributed by atoms with Gasteiger partial charge in [0.25, 0.3) is 5.91 Å². The highest BCUT2D eigenvalue weighted by atomic mass is 32.2. The summed E-state index contributed by atoms with van der Waals surface area (Å²) in [6.45, 7) is 0.431. The number of nitrogens with one attached hydrogen (secondary N) is 1. The number of thioether (sulfide) groups is 1. The number of hydrogen-bond acceptors (Lipinski definition) is 5. The number of carbonyl (C=O) groups excluding carboxylic acids is 1. The smallest absolute Gasteiger partial charge is 0.270 e. The second-order valence-electron chi connectivity index (χ2n) is 4.68. The van der Waals surface area contributed by atoms with Crippen molar-refractivity contribution >= 4 is 24.0 Å². The van der Waals surface area contributed by atoms with Gasteiger partial charge in [0.15, 0.2) is 0 Å². The molecule has 1 N–H and O–H groups in total. The predicted molar refractivity (Wildman–Crippen MR) is 88.1 cm³/mol. The van der Waals surface area contributed by atoms with Gasteiger partial charge in [-0.1, -0.05) is 12.1 Å². The highest BCUT2D eigenvalue weighted by Crippen LogP contribution is 2.23. The number of nitrogens with zero attached hydrogens (tertiary/aromatic N) is 2. The van der Waals surface area contributed by atoms with Crippen molar-refractivity contribution in [2.24, 2.45) is 4.99 Å². The molecule has 2 heterocycles. The second kappa shape index (κ2) is 6.53. The summed E-state index contributed by atoms with van der Waals surface area (Å²) in [6, 6.07) is 7.60. The highest BCUT2D eigenvalue weighted by molar-refractivity contribution is 8.04. The van der Waals surface area contributed by atoms with Crippen molar-refractivity contribution in [2.45, 2.75) is 6.54 Å². The lowest BCUT2D eigenvalue weighted by atomic mass is 10.2. The summed E-state index contributed by atoms with van der Waals surface area (Å²) in [5.41, 5.74) is 2.32. The van der Waals surface area contributed by atoms with Gasteiger partial charge in [-0.15, -0.1) is 11.8 Å². The molecule has 0 saturated carbocycles. The van der Waals surface area contributed by atoms with Crippen LogP contribution in [0.4, 0.5) is 0 Å². The number of amides is 1. The maximum Gasteiger partial charge on any atom is 0.270 e. The number of aliphatic imine (C=N–C) groups is 1. The van der Waals surface area contributed by atoms with Crippen molar-refractivity contribution in [2.75, 3.05) is 7.11 Å². The quantitative estimate of drug-likeness (QED) is 0.928. The first kappa shape index (κ1) is 14.5. The molecule has 0 spiro atoms. The van der Waals surface area contributed by atoms with E-state index in [4.69, 9.17) is 4.74 Å². The predicted octanol–water partition coefficient (Wildman–Crippen LogP) is 2.60. The molecule has 0 unspecified atom stereocenters. The number of fused-ring (bicyclic) bond motifs is 1. The first-order valence-electron chi connectivity index (χ1n) is 6.74. The minimum absolute atomic E-state index is 0.195. The number of ether oxygens (including phenoxy) is 1. The van der Waals surface area contributed by atoms with Gasteiger partial charge in [-0.05, 0) is 34.6 Å². The number of methoxy groups -OCH3 is 1. The molecule has 0 aliphatic carbocycles. The molecule has 0 saturated heterocycles. The Morgan fingerprint density at radius 1 is 1.45 bits per heavy atom. The topological polar surface area (TPSA) is 53.9 Å². The van der Waals surface area contributed by atoms with Crippen molar-refractivity contribution in [1.82, 2.24) is 10.2 Å². The lowest BCUT2D eigenvalue weighted by Gasteiger charge is -2.22. The Bertz CT molecular complexity index is 707. The Morgan fingerprint density at radius 2 is 2.36 bits per heavy atom. The number of rotatable bonds is 4. The van der Waals surface area contributed by atoms with Crippen LogP contribution < -0.4 is 10.1 Å². The largest absolute Gasteiger partial charge is 0.497 e. The van der Waals surface area contributed by atoms with Gasteiger partial charge in [-0.2, -0.15) is 0 Å². The molecule has 1 aromatic carbocycles. The molecule has 1 aromatic rings. The van der Waals surface area contributed by atoms with E-state index in [1.54, 1.807) is 31.3 Å². The molecule has 0 aromatic heterocycles. The standard InChI is InChI=1S/C16H15N3O2S/c1-21-14-4-2-3-12(7-14)9-17-16(20)15-8-13-10-22-6-5-19(13)11-18-15/h2-8,10-11H,9H2,1H3,(H,17,20). The molecule has 2 aliphatic heterocycles. The second-order valence-corrected chi connectivity index (χ2v) is 5.46. The third-order valence-corrected chi connectivity index (χ3v) is 3.87.